The van der Waals surface area contributed by atoms with Crippen LogP contribution in [0.25, 0.3) is 5.65 Å². The average Bonchev–Trinajstić information content (AvgIpc) is 3.51. The van der Waals surface area contributed by atoms with Crippen molar-refractivity contribution < 1.29 is 9.18 Å². The SMILES string of the molecule is CC[C@H](NC(=O)c1cnn2ccc(N3CCC[C@@H]3c3cc(F)cnc3C)nc12)C1CCN(C)CC1. The fourth-order valence-corrected chi connectivity index (χ4v) is 5.63. The number of likely N-dealkylation sites (tertiary alicyclic amines) is 1. The normalized spacial score (nSPS) is 20.5. The fraction of sp³-hybridized carbons (Fsp3) is 0.538. The largest absolute Gasteiger partial charge is 0.349 e. The smallest absolute Gasteiger partial charge is 0.256 e. The Bertz CT molecular complexity index is 1200. The summed E-state index contributed by atoms with van der Waals surface area (Å²) in [5.74, 6) is 0.795. The van der Waals surface area contributed by atoms with E-state index in [9.17, 15) is 9.18 Å². The lowest BCUT2D eigenvalue weighted by Gasteiger charge is -2.34. The Kier molecular flexibility index (Phi) is 6.69. The average molecular weight is 480 g/mol. The quantitative estimate of drug-likeness (QED) is 0.580. The number of aromatic nitrogens is 4. The van der Waals surface area contributed by atoms with Crippen molar-refractivity contribution in [3.05, 3.63) is 53.4 Å². The number of halogens is 1. The molecule has 5 heterocycles. The number of fused-ring (bicyclic) bond motifs is 1. The predicted octanol–water partition coefficient (Wildman–Crippen LogP) is 3.76. The number of hydrogen-bond acceptors (Lipinski definition) is 6. The van der Waals surface area contributed by atoms with Crippen LogP contribution in [0, 0.1) is 18.7 Å². The Morgan fingerprint density at radius 3 is 2.80 bits per heavy atom. The van der Waals surface area contributed by atoms with Crippen LogP contribution >= 0.6 is 0 Å². The Morgan fingerprint density at radius 2 is 2.03 bits per heavy atom. The van der Waals surface area contributed by atoms with Gasteiger partial charge in [-0.25, -0.2) is 13.9 Å². The molecule has 1 amide bonds. The molecule has 0 aliphatic carbocycles. The molecule has 186 valence electrons. The molecule has 3 aromatic heterocycles. The minimum atomic E-state index is -0.328. The van der Waals surface area contributed by atoms with Crippen LogP contribution in [0.1, 0.15) is 66.7 Å². The maximum absolute atomic E-state index is 14.0. The van der Waals surface area contributed by atoms with Crippen molar-refractivity contribution in [2.75, 3.05) is 31.6 Å². The fourth-order valence-electron chi connectivity index (χ4n) is 5.63. The van der Waals surface area contributed by atoms with Gasteiger partial charge in [0, 0.05) is 24.5 Å². The van der Waals surface area contributed by atoms with Gasteiger partial charge in [0.15, 0.2) is 5.65 Å². The third-order valence-electron chi connectivity index (χ3n) is 7.69. The molecule has 2 fully saturated rings. The summed E-state index contributed by atoms with van der Waals surface area (Å²) in [5.41, 5.74) is 2.74. The molecule has 3 aromatic rings. The Morgan fingerprint density at radius 1 is 1.23 bits per heavy atom. The molecular weight excluding hydrogens is 445 g/mol. The van der Waals surface area contributed by atoms with Gasteiger partial charge in [0.1, 0.15) is 17.2 Å². The Labute approximate surface area is 205 Å². The van der Waals surface area contributed by atoms with E-state index in [0.29, 0.717) is 17.1 Å². The van der Waals surface area contributed by atoms with Crippen LogP contribution in [0.2, 0.25) is 0 Å². The Balaban J connectivity index is 1.39. The van der Waals surface area contributed by atoms with Crippen molar-refractivity contribution >= 4 is 17.4 Å². The zero-order chi connectivity index (χ0) is 24.5. The lowest BCUT2D eigenvalue weighted by Crippen LogP contribution is -2.44. The molecule has 9 heteroatoms. The van der Waals surface area contributed by atoms with E-state index in [-0.39, 0.29) is 23.8 Å². The van der Waals surface area contributed by atoms with E-state index in [0.717, 1.165) is 68.8 Å². The first-order chi connectivity index (χ1) is 16.9. The number of nitrogens with zero attached hydrogens (tertiary/aromatic N) is 6. The van der Waals surface area contributed by atoms with Gasteiger partial charge in [-0.2, -0.15) is 5.10 Å². The molecule has 0 saturated carbocycles. The van der Waals surface area contributed by atoms with Crippen molar-refractivity contribution in [3.8, 4) is 0 Å². The van der Waals surface area contributed by atoms with Gasteiger partial charge in [-0.05, 0) is 82.8 Å². The summed E-state index contributed by atoms with van der Waals surface area (Å²) in [7, 11) is 2.15. The van der Waals surface area contributed by atoms with Gasteiger partial charge in [0.05, 0.1) is 18.4 Å². The van der Waals surface area contributed by atoms with Crippen molar-refractivity contribution in [1.82, 2.24) is 29.8 Å². The molecule has 2 saturated heterocycles. The van der Waals surface area contributed by atoms with Gasteiger partial charge in [-0.3, -0.25) is 9.78 Å². The molecule has 2 aliphatic heterocycles. The summed E-state index contributed by atoms with van der Waals surface area (Å²) < 4.78 is 15.6. The van der Waals surface area contributed by atoms with Crippen LogP contribution in [0.5, 0.6) is 0 Å². The monoisotopic (exact) mass is 479 g/mol. The second-order valence-electron chi connectivity index (χ2n) is 9.92. The molecule has 0 unspecified atom stereocenters. The van der Waals surface area contributed by atoms with Crippen LogP contribution in [-0.2, 0) is 0 Å². The topological polar surface area (TPSA) is 78.7 Å². The van der Waals surface area contributed by atoms with Crippen LogP contribution in [0.3, 0.4) is 0 Å². The van der Waals surface area contributed by atoms with Gasteiger partial charge < -0.3 is 15.1 Å². The van der Waals surface area contributed by atoms with Crippen LogP contribution < -0.4 is 10.2 Å². The highest BCUT2D eigenvalue weighted by Gasteiger charge is 2.30. The summed E-state index contributed by atoms with van der Waals surface area (Å²) in [6.45, 7) is 6.99. The molecule has 0 spiro atoms. The lowest BCUT2D eigenvalue weighted by atomic mass is 9.88. The number of pyridine rings is 1. The van der Waals surface area contributed by atoms with Gasteiger partial charge in [0.2, 0.25) is 0 Å². The van der Waals surface area contributed by atoms with E-state index < -0.39 is 0 Å². The first kappa shape index (κ1) is 23.7. The molecule has 5 rings (SSSR count). The number of piperidine rings is 1. The van der Waals surface area contributed by atoms with Crippen LogP contribution in [0.4, 0.5) is 10.2 Å². The molecule has 0 bridgehead atoms. The lowest BCUT2D eigenvalue weighted by molar-refractivity contribution is 0.0900. The number of rotatable bonds is 6. The second kappa shape index (κ2) is 9.89. The molecular formula is C26H34FN7O. The van der Waals surface area contributed by atoms with E-state index >= 15 is 0 Å². The number of aryl methyl sites for hydroxylation is 1. The van der Waals surface area contributed by atoms with Gasteiger partial charge in [-0.1, -0.05) is 6.92 Å². The number of hydrogen-bond donors (Lipinski definition) is 1. The molecule has 35 heavy (non-hydrogen) atoms. The van der Waals surface area contributed by atoms with Crippen LogP contribution in [-0.4, -0.2) is 63.1 Å². The number of carbonyl (C=O) groups excluding carboxylic acids is 1. The number of anilines is 1. The zero-order valence-electron chi connectivity index (χ0n) is 20.7. The predicted molar refractivity (Wildman–Crippen MR) is 133 cm³/mol. The minimum absolute atomic E-state index is 0.00209. The summed E-state index contributed by atoms with van der Waals surface area (Å²) in [6.07, 6.45) is 9.67. The Hall–Kier alpha value is -3.07. The third-order valence-corrected chi connectivity index (χ3v) is 7.69. The molecule has 8 nitrogen and oxygen atoms in total. The molecule has 2 aliphatic rings. The summed E-state index contributed by atoms with van der Waals surface area (Å²) >= 11 is 0. The highest BCUT2D eigenvalue weighted by atomic mass is 19.1. The maximum Gasteiger partial charge on any atom is 0.256 e. The summed E-state index contributed by atoms with van der Waals surface area (Å²) in [4.78, 5) is 26.9. The van der Waals surface area contributed by atoms with Crippen molar-refractivity contribution in [1.29, 1.82) is 0 Å². The van der Waals surface area contributed by atoms with E-state index in [1.165, 1.54) is 6.20 Å². The first-order valence-electron chi connectivity index (χ1n) is 12.7. The van der Waals surface area contributed by atoms with E-state index in [4.69, 9.17) is 4.98 Å². The summed E-state index contributed by atoms with van der Waals surface area (Å²) in [5, 5.41) is 7.64. The highest BCUT2D eigenvalue weighted by Crippen LogP contribution is 2.36. The van der Waals surface area contributed by atoms with E-state index in [1.54, 1.807) is 16.8 Å². The van der Waals surface area contributed by atoms with Crippen LogP contribution in [0.15, 0.2) is 30.7 Å². The molecule has 0 aromatic carbocycles. The van der Waals surface area contributed by atoms with Crippen molar-refractivity contribution in [2.24, 2.45) is 5.92 Å². The van der Waals surface area contributed by atoms with Gasteiger partial charge >= 0.3 is 0 Å². The van der Waals surface area contributed by atoms with E-state index in [2.05, 4.69) is 39.2 Å². The summed E-state index contributed by atoms with van der Waals surface area (Å²) in [6, 6.07) is 3.63. The standard InChI is InChI=1S/C26H34FN7O/c1-4-22(18-7-11-32(3)12-8-18)30-26(35)21-16-29-34-13-9-24(31-25(21)34)33-10-5-6-23(33)20-14-19(27)15-28-17(20)2/h9,13-16,18,22-23H,4-8,10-12H2,1-3H3,(H,30,35)/t22-,23+/m0/s1. The zero-order valence-corrected chi connectivity index (χ0v) is 20.7. The third kappa shape index (κ3) is 4.74. The number of carbonyl (C=O) groups is 1. The number of nitrogens with one attached hydrogen (secondary N) is 1. The maximum atomic E-state index is 14.0. The highest BCUT2D eigenvalue weighted by molar-refractivity contribution is 6.00. The minimum Gasteiger partial charge on any atom is -0.349 e. The van der Waals surface area contributed by atoms with Gasteiger partial charge in [-0.15, -0.1) is 0 Å². The van der Waals surface area contributed by atoms with Crippen molar-refractivity contribution in [2.45, 2.75) is 58.0 Å². The number of amides is 1. The molecule has 0 radical (unpaired) electrons. The van der Waals surface area contributed by atoms with Gasteiger partial charge in [0.25, 0.3) is 5.91 Å². The van der Waals surface area contributed by atoms with Crippen molar-refractivity contribution in [3.63, 3.8) is 0 Å². The van der Waals surface area contributed by atoms with E-state index in [1.807, 2.05) is 19.2 Å². The molecule has 2 atom stereocenters. The molecule has 1 N–H and O–H groups in total. The second-order valence-corrected chi connectivity index (χ2v) is 9.92. The first-order valence-corrected chi connectivity index (χ1v) is 12.7.